The average Bonchev–Trinajstić information content (AvgIpc) is 2.23. The number of carboxylic acid groups (broad SMARTS) is 1. The van der Waals surface area contributed by atoms with Crippen LogP contribution in [0.15, 0.2) is 0 Å². The molecule has 1 aliphatic rings. The van der Waals surface area contributed by atoms with Gasteiger partial charge in [-0.3, -0.25) is 4.79 Å². The van der Waals surface area contributed by atoms with Crippen LogP contribution in [0, 0.1) is 5.92 Å². The van der Waals surface area contributed by atoms with Gasteiger partial charge in [0.25, 0.3) is 0 Å². The molecule has 0 aromatic heterocycles. The molecule has 2 amide bonds. The molecule has 8 heteroatoms. The van der Waals surface area contributed by atoms with E-state index in [1.54, 1.807) is 20.8 Å². The Labute approximate surface area is 123 Å². The van der Waals surface area contributed by atoms with Crippen LogP contribution in [0.5, 0.6) is 0 Å². The van der Waals surface area contributed by atoms with Crippen LogP contribution >= 0.6 is 0 Å². The molecule has 0 aliphatic carbocycles. The summed E-state index contributed by atoms with van der Waals surface area (Å²) in [5.74, 6) is -2.07. The third-order valence-electron chi connectivity index (χ3n) is 2.94. The smallest absolute Gasteiger partial charge is 0.410 e. The number of carbonyl (C=O) groups excluding carboxylic acids is 2. The fourth-order valence-corrected chi connectivity index (χ4v) is 1.80. The molecule has 0 saturated carbocycles. The Morgan fingerprint density at radius 1 is 1.33 bits per heavy atom. The van der Waals surface area contributed by atoms with Gasteiger partial charge in [0, 0.05) is 26.1 Å². The summed E-state index contributed by atoms with van der Waals surface area (Å²) in [6.45, 7) is 5.33. The molecule has 0 radical (unpaired) electrons. The second kappa shape index (κ2) is 6.75. The lowest BCUT2D eigenvalue weighted by molar-refractivity contribution is -0.144. The van der Waals surface area contributed by atoms with Gasteiger partial charge >= 0.3 is 12.1 Å². The Morgan fingerprint density at radius 3 is 2.33 bits per heavy atom. The molecule has 1 saturated heterocycles. The van der Waals surface area contributed by atoms with Crippen molar-refractivity contribution in [3.05, 3.63) is 0 Å². The summed E-state index contributed by atoms with van der Waals surface area (Å²) in [6, 6.07) is -1.11. The van der Waals surface area contributed by atoms with E-state index in [2.05, 4.69) is 5.32 Å². The van der Waals surface area contributed by atoms with Gasteiger partial charge in [-0.2, -0.15) is 0 Å². The summed E-state index contributed by atoms with van der Waals surface area (Å²) >= 11 is 0. The summed E-state index contributed by atoms with van der Waals surface area (Å²) in [6.07, 6.45) is -0.541. The van der Waals surface area contributed by atoms with E-state index in [0.717, 1.165) is 0 Å². The van der Waals surface area contributed by atoms with E-state index in [1.807, 2.05) is 0 Å². The maximum atomic E-state index is 11.8. The SMILES string of the molecule is CC(C)(C)OC(=O)N1CC(C(=O)NC(CCO)C(=O)O)C1. The zero-order valence-electron chi connectivity index (χ0n) is 12.5. The Morgan fingerprint density at radius 2 is 1.90 bits per heavy atom. The van der Waals surface area contributed by atoms with Crippen LogP contribution in [0.1, 0.15) is 27.2 Å². The molecule has 0 aromatic carbocycles. The van der Waals surface area contributed by atoms with Gasteiger partial charge in [0.1, 0.15) is 11.6 Å². The largest absolute Gasteiger partial charge is 0.480 e. The molecule has 3 N–H and O–H groups in total. The minimum atomic E-state index is -1.19. The monoisotopic (exact) mass is 302 g/mol. The number of aliphatic hydroxyl groups is 1. The molecule has 1 aliphatic heterocycles. The van der Waals surface area contributed by atoms with E-state index < -0.39 is 35.5 Å². The average molecular weight is 302 g/mol. The van der Waals surface area contributed by atoms with E-state index in [9.17, 15) is 14.4 Å². The molecule has 0 bridgehead atoms. The van der Waals surface area contributed by atoms with Crippen LogP contribution in [-0.2, 0) is 14.3 Å². The Bertz CT molecular complexity index is 411. The lowest BCUT2D eigenvalue weighted by Gasteiger charge is -2.39. The van der Waals surface area contributed by atoms with Crippen LogP contribution in [0.4, 0.5) is 4.79 Å². The number of nitrogens with one attached hydrogen (secondary N) is 1. The molecule has 120 valence electrons. The molecule has 1 unspecified atom stereocenters. The lowest BCUT2D eigenvalue weighted by Crippen LogP contribution is -2.58. The number of hydrogen-bond acceptors (Lipinski definition) is 5. The highest BCUT2D eigenvalue weighted by Crippen LogP contribution is 2.19. The zero-order chi connectivity index (χ0) is 16.2. The number of nitrogens with zero attached hydrogens (tertiary/aromatic N) is 1. The second-order valence-electron chi connectivity index (χ2n) is 5.99. The van der Waals surface area contributed by atoms with Crippen molar-refractivity contribution in [2.75, 3.05) is 19.7 Å². The summed E-state index contributed by atoms with van der Waals surface area (Å²) in [5, 5.41) is 20.0. The predicted octanol–water partition coefficient (Wildman–Crippen LogP) is -0.195. The fraction of sp³-hybridized carbons (Fsp3) is 0.769. The Balaban J connectivity index is 2.40. The van der Waals surface area contributed by atoms with Crippen LogP contribution in [0.3, 0.4) is 0 Å². The lowest BCUT2D eigenvalue weighted by atomic mass is 9.99. The number of carboxylic acids is 1. The quantitative estimate of drug-likeness (QED) is 0.648. The topological polar surface area (TPSA) is 116 Å². The first kappa shape index (κ1) is 17.2. The number of aliphatic hydroxyl groups excluding tert-OH is 1. The number of amides is 2. The highest BCUT2D eigenvalue weighted by Gasteiger charge is 2.38. The van der Waals surface area contributed by atoms with Crippen molar-refractivity contribution in [2.45, 2.75) is 38.8 Å². The van der Waals surface area contributed by atoms with Crippen LogP contribution in [0.2, 0.25) is 0 Å². The van der Waals surface area contributed by atoms with Crippen molar-refractivity contribution >= 4 is 18.0 Å². The molecule has 21 heavy (non-hydrogen) atoms. The number of ether oxygens (including phenoxy) is 1. The number of aliphatic carboxylic acids is 1. The number of carbonyl (C=O) groups is 3. The first-order valence-electron chi connectivity index (χ1n) is 6.76. The van der Waals surface area contributed by atoms with Crippen molar-refractivity contribution in [1.82, 2.24) is 10.2 Å². The van der Waals surface area contributed by atoms with E-state index in [0.29, 0.717) is 0 Å². The molecular formula is C13H22N2O6. The molecule has 1 heterocycles. The van der Waals surface area contributed by atoms with Gasteiger partial charge in [-0.1, -0.05) is 0 Å². The zero-order valence-corrected chi connectivity index (χ0v) is 12.5. The molecule has 0 aromatic rings. The molecule has 8 nitrogen and oxygen atoms in total. The van der Waals surface area contributed by atoms with Crippen LogP contribution in [-0.4, -0.2) is 64.4 Å². The summed E-state index contributed by atoms with van der Waals surface area (Å²) in [4.78, 5) is 35.8. The maximum Gasteiger partial charge on any atom is 0.410 e. The van der Waals surface area contributed by atoms with Gasteiger partial charge in [0.2, 0.25) is 5.91 Å². The van der Waals surface area contributed by atoms with Crippen molar-refractivity contribution in [3.63, 3.8) is 0 Å². The van der Waals surface area contributed by atoms with Crippen molar-refractivity contribution < 1.29 is 29.3 Å². The summed E-state index contributed by atoms with van der Waals surface area (Å²) in [5.41, 5.74) is -0.597. The highest BCUT2D eigenvalue weighted by atomic mass is 16.6. The fourth-order valence-electron chi connectivity index (χ4n) is 1.80. The van der Waals surface area contributed by atoms with Gasteiger partial charge in [-0.25, -0.2) is 9.59 Å². The van der Waals surface area contributed by atoms with E-state index in [4.69, 9.17) is 14.9 Å². The molecule has 1 fully saturated rings. The van der Waals surface area contributed by atoms with Crippen LogP contribution < -0.4 is 5.32 Å². The molecule has 1 atom stereocenters. The molecular weight excluding hydrogens is 280 g/mol. The number of rotatable bonds is 5. The van der Waals surface area contributed by atoms with Crippen molar-refractivity contribution in [2.24, 2.45) is 5.92 Å². The van der Waals surface area contributed by atoms with E-state index in [-0.39, 0.29) is 26.1 Å². The van der Waals surface area contributed by atoms with Gasteiger partial charge in [0.15, 0.2) is 0 Å². The van der Waals surface area contributed by atoms with E-state index >= 15 is 0 Å². The van der Waals surface area contributed by atoms with Crippen molar-refractivity contribution in [3.8, 4) is 0 Å². The molecule has 1 rings (SSSR count). The molecule has 0 spiro atoms. The standard InChI is InChI=1S/C13H22N2O6/c1-13(2,3)21-12(20)15-6-8(7-15)10(17)14-9(4-5-16)11(18)19/h8-9,16H,4-7H2,1-3H3,(H,14,17)(H,18,19). The first-order chi connectivity index (χ1) is 9.64. The van der Waals surface area contributed by atoms with Gasteiger partial charge in [-0.05, 0) is 20.8 Å². The maximum absolute atomic E-state index is 11.8. The predicted molar refractivity (Wildman–Crippen MR) is 72.6 cm³/mol. The third-order valence-corrected chi connectivity index (χ3v) is 2.94. The highest BCUT2D eigenvalue weighted by molar-refractivity contribution is 5.87. The minimum Gasteiger partial charge on any atom is -0.480 e. The Hall–Kier alpha value is -1.83. The van der Waals surface area contributed by atoms with Crippen molar-refractivity contribution in [1.29, 1.82) is 0 Å². The Kier molecular flexibility index (Phi) is 5.54. The third kappa shape index (κ3) is 5.22. The second-order valence-corrected chi connectivity index (χ2v) is 5.99. The number of likely N-dealkylation sites (tertiary alicyclic amines) is 1. The van der Waals surface area contributed by atoms with Crippen LogP contribution in [0.25, 0.3) is 0 Å². The van der Waals surface area contributed by atoms with E-state index in [1.165, 1.54) is 4.90 Å². The normalized spacial score (nSPS) is 16.9. The summed E-state index contributed by atoms with van der Waals surface area (Å²) < 4.78 is 5.16. The number of hydrogen-bond donors (Lipinski definition) is 3. The summed E-state index contributed by atoms with van der Waals surface area (Å²) in [7, 11) is 0. The first-order valence-corrected chi connectivity index (χ1v) is 6.76. The van der Waals surface area contributed by atoms with Gasteiger partial charge in [0.05, 0.1) is 5.92 Å². The van der Waals surface area contributed by atoms with Gasteiger partial charge < -0.3 is 25.2 Å². The van der Waals surface area contributed by atoms with Gasteiger partial charge in [-0.15, -0.1) is 0 Å². The minimum absolute atomic E-state index is 0.0520.